The summed E-state index contributed by atoms with van der Waals surface area (Å²) in [6.07, 6.45) is 3.45. The Morgan fingerprint density at radius 1 is 1.32 bits per heavy atom. The monoisotopic (exact) mass is 384 g/mol. The highest BCUT2D eigenvalue weighted by Crippen LogP contribution is 2.39. The molecular weight excluding hydrogens is 359 g/mol. The molecule has 2 aromatic rings. The summed E-state index contributed by atoms with van der Waals surface area (Å²) in [6, 6.07) is 10.4. The Kier molecular flexibility index (Phi) is 5.42. The van der Waals surface area contributed by atoms with Crippen molar-refractivity contribution in [2.45, 2.75) is 32.0 Å². The Morgan fingerprint density at radius 3 is 2.89 bits per heavy atom. The van der Waals surface area contributed by atoms with Crippen LogP contribution in [0.1, 0.15) is 34.5 Å². The van der Waals surface area contributed by atoms with Gasteiger partial charge in [-0.2, -0.15) is 0 Å². The second-order valence-corrected chi connectivity index (χ2v) is 7.85. The van der Waals surface area contributed by atoms with Gasteiger partial charge in [0.15, 0.2) is 0 Å². The number of hydrogen-bond donors (Lipinski definition) is 0. The molecule has 28 heavy (non-hydrogen) atoms. The van der Waals surface area contributed by atoms with E-state index in [4.69, 9.17) is 9.47 Å². The van der Waals surface area contributed by atoms with Crippen molar-refractivity contribution in [3.05, 3.63) is 65.2 Å². The first kappa shape index (κ1) is 19.0. The highest BCUT2D eigenvalue weighted by atomic mass is 19.1. The normalized spacial score (nSPS) is 20.4. The number of aryl methyl sites for hydroxylation is 1. The molecule has 0 N–H and O–H groups in total. The molecule has 4 rings (SSSR count). The van der Waals surface area contributed by atoms with E-state index in [0.717, 1.165) is 18.5 Å². The van der Waals surface area contributed by atoms with Gasteiger partial charge in [-0.05, 0) is 43.9 Å². The maximum Gasteiger partial charge on any atom is 0.255 e. The number of ether oxygens (including phenoxy) is 2. The predicted octanol–water partition coefficient (Wildman–Crippen LogP) is 3.37. The van der Waals surface area contributed by atoms with Crippen molar-refractivity contribution in [2.24, 2.45) is 5.92 Å². The van der Waals surface area contributed by atoms with Gasteiger partial charge in [-0.3, -0.25) is 9.78 Å². The van der Waals surface area contributed by atoms with Crippen LogP contribution in [0.5, 0.6) is 0 Å². The molecule has 1 spiro atoms. The van der Waals surface area contributed by atoms with E-state index in [1.54, 1.807) is 18.3 Å². The molecule has 0 bridgehead atoms. The van der Waals surface area contributed by atoms with Crippen LogP contribution in [-0.4, -0.2) is 47.7 Å². The topological polar surface area (TPSA) is 51.7 Å². The summed E-state index contributed by atoms with van der Waals surface area (Å²) in [4.78, 5) is 18.5. The van der Waals surface area contributed by atoms with Gasteiger partial charge in [0, 0.05) is 24.1 Å². The second-order valence-electron chi connectivity index (χ2n) is 7.85. The highest BCUT2D eigenvalue weighted by molar-refractivity contribution is 5.94. The molecule has 3 heterocycles. The molecule has 1 aromatic heterocycles. The smallest absolute Gasteiger partial charge is 0.255 e. The molecule has 0 saturated carbocycles. The zero-order chi connectivity index (χ0) is 19.6. The largest absolute Gasteiger partial charge is 0.377 e. The van der Waals surface area contributed by atoms with E-state index in [1.165, 1.54) is 6.07 Å². The zero-order valence-corrected chi connectivity index (χ0v) is 16.1. The molecule has 0 aliphatic carbocycles. The minimum atomic E-state index is -0.228. The van der Waals surface area contributed by atoms with Gasteiger partial charge in [0.1, 0.15) is 11.4 Å². The molecule has 1 atom stereocenters. The molecule has 1 amide bonds. The maximum absolute atomic E-state index is 13.6. The first-order valence-corrected chi connectivity index (χ1v) is 9.72. The van der Waals surface area contributed by atoms with Gasteiger partial charge < -0.3 is 14.4 Å². The third-order valence-corrected chi connectivity index (χ3v) is 5.58. The third-order valence-electron chi connectivity index (χ3n) is 5.58. The lowest BCUT2D eigenvalue weighted by atomic mass is 9.85. The number of rotatable bonds is 6. The molecule has 5 nitrogen and oxygen atoms in total. The van der Waals surface area contributed by atoms with Gasteiger partial charge in [0.25, 0.3) is 5.91 Å². The fourth-order valence-electron chi connectivity index (χ4n) is 3.96. The second kappa shape index (κ2) is 7.97. The maximum atomic E-state index is 13.6. The van der Waals surface area contributed by atoms with E-state index >= 15 is 0 Å². The van der Waals surface area contributed by atoms with Gasteiger partial charge in [0.2, 0.25) is 0 Å². The fraction of sp³-hybridized carbons (Fsp3) is 0.455. The number of pyridine rings is 1. The third kappa shape index (κ3) is 4.08. The summed E-state index contributed by atoms with van der Waals surface area (Å²) in [7, 11) is 0. The summed E-state index contributed by atoms with van der Waals surface area (Å²) < 4.78 is 25.3. The van der Waals surface area contributed by atoms with E-state index in [2.05, 4.69) is 4.98 Å². The average Bonchev–Trinajstić information content (AvgIpc) is 3.10. The summed E-state index contributed by atoms with van der Waals surface area (Å²) >= 11 is 0. The number of carbonyl (C=O) groups excluding carboxylic acids is 1. The molecule has 148 valence electrons. The summed E-state index contributed by atoms with van der Waals surface area (Å²) in [5.74, 6) is 0.200. The Bertz CT molecular complexity index is 834. The number of benzene rings is 1. The molecule has 2 aliphatic rings. The molecule has 1 aromatic carbocycles. The van der Waals surface area contributed by atoms with Crippen molar-refractivity contribution in [1.82, 2.24) is 9.88 Å². The van der Waals surface area contributed by atoms with Crippen LogP contribution in [0.3, 0.4) is 0 Å². The lowest BCUT2D eigenvalue weighted by molar-refractivity contribution is -0.0950. The fourth-order valence-corrected chi connectivity index (χ4v) is 3.96. The SMILES string of the molecule is Cc1ccc(C(=O)N2CC3(CC(CCOCc4ccccc4F)CO3)C2)cn1. The van der Waals surface area contributed by atoms with Crippen molar-refractivity contribution < 1.29 is 18.7 Å². The van der Waals surface area contributed by atoms with Crippen molar-refractivity contribution in [3.8, 4) is 0 Å². The van der Waals surface area contributed by atoms with E-state index in [-0.39, 0.29) is 23.9 Å². The van der Waals surface area contributed by atoms with Gasteiger partial charge in [-0.25, -0.2) is 4.39 Å². The summed E-state index contributed by atoms with van der Waals surface area (Å²) in [5.41, 5.74) is 1.90. The quantitative estimate of drug-likeness (QED) is 0.717. The minimum Gasteiger partial charge on any atom is -0.377 e. The summed E-state index contributed by atoms with van der Waals surface area (Å²) in [5, 5.41) is 0. The van der Waals surface area contributed by atoms with Gasteiger partial charge in [0.05, 0.1) is 31.9 Å². The number of halogens is 1. The van der Waals surface area contributed by atoms with Gasteiger partial charge in [-0.1, -0.05) is 18.2 Å². The van der Waals surface area contributed by atoms with Crippen molar-refractivity contribution in [2.75, 3.05) is 26.3 Å². The Balaban J connectivity index is 1.19. The molecule has 2 saturated heterocycles. The van der Waals surface area contributed by atoms with Crippen molar-refractivity contribution >= 4 is 5.91 Å². The van der Waals surface area contributed by atoms with Crippen LogP contribution in [0.15, 0.2) is 42.6 Å². The van der Waals surface area contributed by atoms with Crippen LogP contribution in [-0.2, 0) is 16.1 Å². The molecule has 6 heteroatoms. The number of nitrogens with zero attached hydrogens (tertiary/aromatic N) is 2. The molecule has 1 unspecified atom stereocenters. The van der Waals surface area contributed by atoms with Gasteiger partial charge >= 0.3 is 0 Å². The number of carbonyl (C=O) groups is 1. The predicted molar refractivity (Wildman–Crippen MR) is 102 cm³/mol. The van der Waals surface area contributed by atoms with E-state index < -0.39 is 0 Å². The van der Waals surface area contributed by atoms with Gasteiger partial charge in [-0.15, -0.1) is 0 Å². The standard InChI is InChI=1S/C22H25FN2O3/c1-16-6-7-18(11-24-16)21(26)25-14-22(15-25)10-17(12-28-22)8-9-27-13-19-4-2-3-5-20(19)23/h2-7,11,17H,8-10,12-15H2,1H3. The molecule has 2 fully saturated rings. The zero-order valence-electron chi connectivity index (χ0n) is 16.1. The van der Waals surface area contributed by atoms with Crippen molar-refractivity contribution in [1.29, 1.82) is 0 Å². The molecule has 0 radical (unpaired) electrons. The Hall–Kier alpha value is -2.31. The first-order valence-electron chi connectivity index (χ1n) is 9.72. The lowest BCUT2D eigenvalue weighted by Gasteiger charge is -2.47. The van der Waals surface area contributed by atoms with Crippen LogP contribution < -0.4 is 0 Å². The first-order chi connectivity index (χ1) is 13.5. The lowest BCUT2D eigenvalue weighted by Crippen LogP contribution is -2.63. The van der Waals surface area contributed by atoms with Crippen LogP contribution in [0.25, 0.3) is 0 Å². The number of hydrogen-bond acceptors (Lipinski definition) is 4. The van der Waals surface area contributed by atoms with Crippen molar-refractivity contribution in [3.63, 3.8) is 0 Å². The Labute approximate surface area is 164 Å². The molecule has 2 aliphatic heterocycles. The average molecular weight is 384 g/mol. The summed E-state index contributed by atoms with van der Waals surface area (Å²) in [6.45, 7) is 4.73. The molecular formula is C22H25FN2O3. The van der Waals surface area contributed by atoms with E-state index in [0.29, 0.717) is 43.3 Å². The number of amides is 1. The highest BCUT2D eigenvalue weighted by Gasteiger charge is 2.51. The van der Waals surface area contributed by atoms with Crippen LogP contribution in [0.2, 0.25) is 0 Å². The Morgan fingerprint density at radius 2 is 2.14 bits per heavy atom. The van der Waals surface area contributed by atoms with Crippen LogP contribution >= 0.6 is 0 Å². The van der Waals surface area contributed by atoms with E-state index in [1.807, 2.05) is 30.0 Å². The van der Waals surface area contributed by atoms with Crippen LogP contribution in [0, 0.1) is 18.7 Å². The van der Waals surface area contributed by atoms with Crippen LogP contribution in [0.4, 0.5) is 4.39 Å². The number of likely N-dealkylation sites (tertiary alicyclic amines) is 1. The number of aromatic nitrogens is 1. The van der Waals surface area contributed by atoms with E-state index in [9.17, 15) is 9.18 Å². The minimum absolute atomic E-state index is 0.0124.